The van der Waals surface area contributed by atoms with Crippen molar-refractivity contribution < 1.29 is 21.6 Å². The third-order valence-corrected chi connectivity index (χ3v) is 9.85. The van der Waals surface area contributed by atoms with Gasteiger partial charge in [0.05, 0.1) is 35.7 Å². The van der Waals surface area contributed by atoms with Crippen molar-refractivity contribution in [3.63, 3.8) is 0 Å². The van der Waals surface area contributed by atoms with Crippen LogP contribution in [0.4, 0.5) is 5.69 Å². The average molecular weight is 418 g/mol. The minimum absolute atomic E-state index is 0.0286. The molecule has 1 N–H and O–H groups in total. The SMILES string of the molecule is N=C1S[C@@H]2CS(=O)(=O)C[C@@H]2N1c1ccc(S(=O)(=O)N2CCOCC2)cc1. The van der Waals surface area contributed by atoms with E-state index in [0.29, 0.717) is 37.2 Å². The Kier molecular flexibility index (Phi) is 4.55. The number of anilines is 1. The molecule has 0 amide bonds. The van der Waals surface area contributed by atoms with E-state index in [1.54, 1.807) is 17.0 Å². The molecular weight excluding hydrogens is 398 g/mol. The van der Waals surface area contributed by atoms with Gasteiger partial charge in [-0.05, 0) is 24.3 Å². The summed E-state index contributed by atoms with van der Waals surface area (Å²) in [6.07, 6.45) is 0. The van der Waals surface area contributed by atoms with Gasteiger partial charge in [0.2, 0.25) is 10.0 Å². The predicted molar refractivity (Wildman–Crippen MR) is 100 cm³/mol. The first-order valence-corrected chi connectivity index (χ1v) is 12.3. The number of rotatable bonds is 3. The second kappa shape index (κ2) is 6.48. The van der Waals surface area contributed by atoms with Crippen molar-refractivity contribution in [2.45, 2.75) is 16.2 Å². The van der Waals surface area contributed by atoms with Crippen LogP contribution < -0.4 is 4.90 Å². The quantitative estimate of drug-likeness (QED) is 0.756. The molecule has 0 unspecified atom stereocenters. The van der Waals surface area contributed by atoms with Gasteiger partial charge in [-0.2, -0.15) is 4.31 Å². The fraction of sp³-hybridized carbons (Fsp3) is 0.533. The third-order valence-electron chi connectivity index (χ3n) is 4.81. The molecule has 0 aromatic heterocycles. The number of sulfonamides is 1. The van der Waals surface area contributed by atoms with Crippen LogP contribution in [0.25, 0.3) is 0 Å². The van der Waals surface area contributed by atoms with E-state index in [1.165, 1.54) is 28.2 Å². The molecule has 3 saturated heterocycles. The lowest BCUT2D eigenvalue weighted by atomic mass is 10.2. The zero-order valence-electron chi connectivity index (χ0n) is 13.9. The molecule has 3 aliphatic heterocycles. The van der Waals surface area contributed by atoms with E-state index in [0.717, 1.165) is 0 Å². The Morgan fingerprint density at radius 1 is 1.12 bits per heavy atom. The van der Waals surface area contributed by atoms with Crippen LogP contribution in [-0.2, 0) is 24.6 Å². The Bertz CT molecular complexity index is 924. The van der Waals surface area contributed by atoms with Crippen LogP contribution >= 0.6 is 11.8 Å². The van der Waals surface area contributed by atoms with Gasteiger partial charge in [-0.25, -0.2) is 16.8 Å². The van der Waals surface area contributed by atoms with E-state index >= 15 is 0 Å². The van der Waals surface area contributed by atoms with Crippen LogP contribution in [0.2, 0.25) is 0 Å². The van der Waals surface area contributed by atoms with Crippen molar-refractivity contribution in [1.82, 2.24) is 4.31 Å². The Labute approximate surface area is 157 Å². The van der Waals surface area contributed by atoms with Gasteiger partial charge in [0.1, 0.15) is 0 Å². The molecular formula is C15H19N3O5S3. The summed E-state index contributed by atoms with van der Waals surface area (Å²) in [5.41, 5.74) is 0.646. The molecule has 0 radical (unpaired) electrons. The van der Waals surface area contributed by atoms with Gasteiger partial charge in [-0.1, -0.05) is 11.8 Å². The van der Waals surface area contributed by atoms with Gasteiger partial charge >= 0.3 is 0 Å². The number of nitrogens with zero attached hydrogens (tertiary/aromatic N) is 2. The van der Waals surface area contributed by atoms with E-state index < -0.39 is 19.9 Å². The van der Waals surface area contributed by atoms with E-state index in [1.807, 2.05) is 0 Å². The molecule has 1 aromatic rings. The number of thioether (sulfide) groups is 1. The fourth-order valence-electron chi connectivity index (χ4n) is 3.52. The maximum absolute atomic E-state index is 12.7. The molecule has 4 rings (SSSR count). The molecule has 3 aliphatic rings. The molecule has 0 aliphatic carbocycles. The lowest BCUT2D eigenvalue weighted by Gasteiger charge is -2.27. The number of sulfone groups is 1. The van der Waals surface area contributed by atoms with Crippen molar-refractivity contribution in [1.29, 1.82) is 5.41 Å². The number of hydrogen-bond donors (Lipinski definition) is 1. The maximum atomic E-state index is 12.7. The minimum Gasteiger partial charge on any atom is -0.379 e. The highest BCUT2D eigenvalue weighted by atomic mass is 32.2. The first-order chi connectivity index (χ1) is 12.3. The van der Waals surface area contributed by atoms with Crippen LogP contribution in [0.1, 0.15) is 0 Å². The summed E-state index contributed by atoms with van der Waals surface area (Å²) in [6, 6.07) is 6.08. The monoisotopic (exact) mass is 417 g/mol. The standard InChI is InChI=1S/C15H19N3O5S3/c16-15-18(13-9-25(19,20)10-14(13)24-15)11-1-3-12(4-2-11)26(21,22)17-5-7-23-8-6-17/h1-4,13-14,16H,5-10H2/t13-,14+/m0/s1. The molecule has 3 heterocycles. The van der Waals surface area contributed by atoms with E-state index in [-0.39, 0.29) is 27.7 Å². The number of benzene rings is 1. The van der Waals surface area contributed by atoms with E-state index in [9.17, 15) is 16.8 Å². The number of ether oxygens (including phenoxy) is 1. The molecule has 0 bridgehead atoms. The smallest absolute Gasteiger partial charge is 0.243 e. The number of morpholine rings is 1. The summed E-state index contributed by atoms with van der Waals surface area (Å²) in [7, 11) is -6.66. The molecule has 2 atom stereocenters. The van der Waals surface area contributed by atoms with Gasteiger partial charge in [-0.15, -0.1) is 0 Å². The topological polar surface area (TPSA) is 108 Å². The Hall–Kier alpha value is -1.14. The van der Waals surface area contributed by atoms with Crippen LogP contribution in [0.5, 0.6) is 0 Å². The highest BCUT2D eigenvalue weighted by molar-refractivity contribution is 8.15. The summed E-state index contributed by atoms with van der Waals surface area (Å²) < 4.78 is 55.7. The van der Waals surface area contributed by atoms with Crippen molar-refractivity contribution in [2.24, 2.45) is 0 Å². The summed E-state index contributed by atoms with van der Waals surface area (Å²) in [4.78, 5) is 1.89. The van der Waals surface area contributed by atoms with Gasteiger partial charge in [0.25, 0.3) is 0 Å². The van der Waals surface area contributed by atoms with Crippen LogP contribution in [0, 0.1) is 5.41 Å². The summed E-state index contributed by atoms with van der Waals surface area (Å²) in [5, 5.41) is 8.33. The molecule has 11 heteroatoms. The summed E-state index contributed by atoms with van der Waals surface area (Å²) in [6.45, 7) is 1.44. The summed E-state index contributed by atoms with van der Waals surface area (Å²) >= 11 is 1.26. The van der Waals surface area contributed by atoms with Gasteiger partial charge in [0.15, 0.2) is 15.0 Å². The summed E-state index contributed by atoms with van der Waals surface area (Å²) in [5.74, 6) is 0.117. The molecule has 0 spiro atoms. The number of amidine groups is 1. The van der Waals surface area contributed by atoms with Gasteiger partial charge in [0, 0.05) is 24.0 Å². The second-order valence-corrected chi connectivity index (χ2v) is 11.8. The highest BCUT2D eigenvalue weighted by Gasteiger charge is 2.48. The molecule has 26 heavy (non-hydrogen) atoms. The van der Waals surface area contributed by atoms with E-state index in [4.69, 9.17) is 10.1 Å². The average Bonchev–Trinajstić information content (AvgIpc) is 3.05. The highest BCUT2D eigenvalue weighted by Crippen LogP contribution is 2.40. The lowest BCUT2D eigenvalue weighted by molar-refractivity contribution is 0.0730. The Morgan fingerprint density at radius 3 is 2.42 bits per heavy atom. The largest absolute Gasteiger partial charge is 0.379 e. The van der Waals surface area contributed by atoms with Crippen molar-refractivity contribution in [3.8, 4) is 0 Å². The number of hydrogen-bond acceptors (Lipinski definition) is 7. The second-order valence-electron chi connectivity index (χ2n) is 6.49. The minimum atomic E-state index is -3.57. The maximum Gasteiger partial charge on any atom is 0.243 e. The van der Waals surface area contributed by atoms with Gasteiger partial charge in [-0.3, -0.25) is 5.41 Å². The molecule has 8 nitrogen and oxygen atoms in total. The normalized spacial score (nSPS) is 29.1. The van der Waals surface area contributed by atoms with Crippen LogP contribution in [0.3, 0.4) is 0 Å². The number of fused-ring (bicyclic) bond motifs is 1. The fourth-order valence-corrected chi connectivity index (χ4v) is 8.73. The first kappa shape index (κ1) is 18.2. The van der Waals surface area contributed by atoms with Crippen LogP contribution in [-0.4, -0.2) is 75.4 Å². The molecule has 3 fully saturated rings. The van der Waals surface area contributed by atoms with Crippen LogP contribution in [0.15, 0.2) is 29.2 Å². The van der Waals surface area contributed by atoms with Crippen molar-refractivity contribution >= 4 is 42.5 Å². The zero-order valence-corrected chi connectivity index (χ0v) is 16.3. The van der Waals surface area contributed by atoms with E-state index in [2.05, 4.69) is 0 Å². The van der Waals surface area contributed by atoms with Crippen molar-refractivity contribution in [2.75, 3.05) is 42.7 Å². The van der Waals surface area contributed by atoms with Gasteiger partial charge < -0.3 is 9.64 Å². The molecule has 1 aromatic carbocycles. The Balaban J connectivity index is 1.59. The predicted octanol–water partition coefficient (Wildman–Crippen LogP) is 0.361. The number of nitrogens with one attached hydrogen (secondary N) is 1. The first-order valence-electron chi connectivity index (χ1n) is 8.21. The molecule has 142 valence electrons. The lowest BCUT2D eigenvalue weighted by Crippen LogP contribution is -2.40. The molecule has 0 saturated carbocycles. The third kappa shape index (κ3) is 3.15. The Morgan fingerprint density at radius 2 is 1.77 bits per heavy atom. The zero-order chi connectivity index (χ0) is 18.5. The van der Waals surface area contributed by atoms with Crippen molar-refractivity contribution in [3.05, 3.63) is 24.3 Å².